The Morgan fingerprint density at radius 3 is 2.41 bits per heavy atom. The van der Waals surface area contributed by atoms with Gasteiger partial charge in [0.1, 0.15) is 18.8 Å². The van der Waals surface area contributed by atoms with Gasteiger partial charge in [-0.25, -0.2) is 0 Å². The second-order valence-corrected chi connectivity index (χ2v) is 12.8. The second-order valence-electron chi connectivity index (χ2n) is 8.03. The topological polar surface area (TPSA) is 82.2 Å². The summed E-state index contributed by atoms with van der Waals surface area (Å²) in [5.41, 5.74) is 10.7. The fraction of sp³-hybridized carbons (Fsp3) is 0.667. The van der Waals surface area contributed by atoms with Crippen molar-refractivity contribution in [2.45, 2.75) is 51.1 Å². The van der Waals surface area contributed by atoms with E-state index in [0.29, 0.717) is 0 Å². The Morgan fingerprint density at radius 2 is 1.93 bits per heavy atom. The van der Waals surface area contributed by atoms with E-state index in [1.165, 1.54) is 17.1 Å². The third kappa shape index (κ3) is 5.14. The molecular formula is C15H27F4N6OSi+. The van der Waals surface area contributed by atoms with E-state index < -0.39 is 33.0 Å². The Balaban J connectivity index is 2.30. The minimum absolute atomic E-state index is 0.0596. The molecular weight excluding hydrogens is 384 g/mol. The average molecular weight is 412 g/mol. The van der Waals surface area contributed by atoms with E-state index in [4.69, 9.17) is 10.2 Å². The lowest BCUT2D eigenvalue weighted by molar-refractivity contribution is -0.769. The third-order valence-electron chi connectivity index (χ3n) is 4.91. The van der Waals surface area contributed by atoms with E-state index in [9.17, 15) is 17.6 Å². The summed E-state index contributed by atoms with van der Waals surface area (Å²) in [5, 5.41) is 3.27. The zero-order chi connectivity index (χ0) is 20.6. The minimum Gasteiger partial charge on any atom is -0.409 e. The van der Waals surface area contributed by atoms with Gasteiger partial charge in [-0.1, -0.05) is 20.8 Å². The molecule has 0 saturated heterocycles. The summed E-state index contributed by atoms with van der Waals surface area (Å²) >= 11 is 0. The molecule has 1 aromatic rings. The van der Waals surface area contributed by atoms with Crippen molar-refractivity contribution in [1.29, 1.82) is 0 Å². The predicted molar refractivity (Wildman–Crippen MR) is 94.7 cm³/mol. The van der Waals surface area contributed by atoms with E-state index in [1.807, 2.05) is 13.1 Å². The van der Waals surface area contributed by atoms with Gasteiger partial charge in [0.15, 0.2) is 14.0 Å². The van der Waals surface area contributed by atoms with Crippen LogP contribution in [0.15, 0.2) is 18.1 Å². The molecule has 0 amide bonds. The first-order valence-corrected chi connectivity index (χ1v) is 11.4. The summed E-state index contributed by atoms with van der Waals surface area (Å²) in [5.74, 6) is -0.755. The van der Waals surface area contributed by atoms with E-state index in [1.54, 1.807) is 0 Å². The lowest BCUT2D eigenvalue weighted by atomic mass is 10.2. The van der Waals surface area contributed by atoms with Crippen molar-refractivity contribution in [3.05, 3.63) is 24.0 Å². The standard InChI is InChI=1S/C15H26F4N6OSi/c1-14(2,3)27(4,5)26-8-12(24-7-10(20)13(16)22-24)11-6-21-23-25(11)9-15(17,18)19/h6-7,12,21,23H,8-9,20H2,1-5H3/p+1. The fourth-order valence-corrected chi connectivity index (χ4v) is 3.32. The molecule has 0 fully saturated rings. The van der Waals surface area contributed by atoms with Gasteiger partial charge in [-0.3, -0.25) is 5.01 Å². The molecule has 0 radical (unpaired) electrons. The molecule has 2 rings (SSSR count). The van der Waals surface area contributed by atoms with Gasteiger partial charge in [0, 0.05) is 6.20 Å². The molecule has 0 bridgehead atoms. The maximum atomic E-state index is 13.7. The molecule has 1 aromatic heterocycles. The van der Waals surface area contributed by atoms with Gasteiger partial charge in [-0.05, 0) is 18.1 Å². The molecule has 1 aliphatic heterocycles. The first-order valence-electron chi connectivity index (χ1n) is 8.46. The van der Waals surface area contributed by atoms with Crippen molar-refractivity contribution in [2.75, 3.05) is 18.9 Å². The van der Waals surface area contributed by atoms with Crippen molar-refractivity contribution in [1.82, 2.24) is 21.1 Å². The van der Waals surface area contributed by atoms with Crippen LogP contribution in [0.5, 0.6) is 0 Å². The van der Waals surface area contributed by atoms with Gasteiger partial charge in [-0.15, -0.1) is 15.3 Å². The Morgan fingerprint density at radius 1 is 1.30 bits per heavy atom. The number of H-pyrrole nitrogens is 1. The number of aromatic nitrogens is 2. The Bertz CT molecular complexity index is 678. The first kappa shape index (κ1) is 21.5. The highest BCUT2D eigenvalue weighted by atomic mass is 28.4. The largest absolute Gasteiger partial charge is 0.409 e. The van der Waals surface area contributed by atoms with E-state index >= 15 is 0 Å². The van der Waals surface area contributed by atoms with Gasteiger partial charge in [0.2, 0.25) is 12.2 Å². The van der Waals surface area contributed by atoms with Crippen LogP contribution in [0, 0.1) is 5.95 Å². The molecule has 27 heavy (non-hydrogen) atoms. The number of alkyl halides is 3. The quantitative estimate of drug-likeness (QED) is 0.328. The monoisotopic (exact) mass is 411 g/mol. The lowest BCUT2D eigenvalue weighted by Crippen LogP contribution is -2.53. The number of hydrogen-bond donors (Lipinski definition) is 4. The second kappa shape index (κ2) is 7.32. The van der Waals surface area contributed by atoms with Gasteiger partial charge in [-0.2, -0.15) is 17.6 Å². The maximum Gasteiger partial charge on any atom is 0.407 e. The summed E-state index contributed by atoms with van der Waals surface area (Å²) in [6.07, 6.45) is -1.72. The number of nitrogen functional groups attached to an aromatic ring is 1. The molecule has 7 nitrogen and oxygen atoms in total. The normalized spacial score (nSPS) is 17.1. The van der Waals surface area contributed by atoms with Crippen molar-refractivity contribution in [3.63, 3.8) is 0 Å². The van der Waals surface area contributed by atoms with Crippen LogP contribution in [-0.2, 0) is 4.43 Å². The lowest BCUT2D eigenvalue weighted by Gasteiger charge is -2.36. The van der Waals surface area contributed by atoms with Crippen molar-refractivity contribution in [3.8, 4) is 0 Å². The Hall–Kier alpha value is -1.79. The van der Waals surface area contributed by atoms with Gasteiger partial charge in [0.05, 0.1) is 0 Å². The van der Waals surface area contributed by atoms with Crippen LogP contribution in [0.25, 0.3) is 0 Å². The molecule has 1 aliphatic rings. The maximum absolute atomic E-state index is 13.7. The number of hydrazine groups is 2. The van der Waals surface area contributed by atoms with Gasteiger partial charge < -0.3 is 15.6 Å². The number of halogens is 4. The molecule has 0 aromatic carbocycles. The SMILES string of the molecule is CC(C)(C)[Si](C)(C)OCC(C1=CNNN1CC(F)(F)F)[n+]1cc(N)c(F)[nH]1. The summed E-state index contributed by atoms with van der Waals surface area (Å²) in [6.45, 7) is 9.08. The molecule has 0 saturated carbocycles. The van der Waals surface area contributed by atoms with Crippen molar-refractivity contribution in [2.24, 2.45) is 0 Å². The molecule has 5 N–H and O–H groups in total. The zero-order valence-corrected chi connectivity index (χ0v) is 17.0. The van der Waals surface area contributed by atoms with Gasteiger partial charge in [0.25, 0.3) is 5.95 Å². The fourth-order valence-electron chi connectivity index (χ4n) is 2.31. The molecule has 154 valence electrons. The number of aromatic amines is 1. The van der Waals surface area contributed by atoms with Crippen molar-refractivity contribution >= 4 is 14.0 Å². The highest BCUT2D eigenvalue weighted by Crippen LogP contribution is 2.37. The van der Waals surface area contributed by atoms with Crippen LogP contribution in [0.1, 0.15) is 26.8 Å². The van der Waals surface area contributed by atoms with Crippen LogP contribution < -0.4 is 21.4 Å². The molecule has 1 unspecified atom stereocenters. The highest BCUT2D eigenvalue weighted by molar-refractivity contribution is 6.74. The van der Waals surface area contributed by atoms with Crippen LogP contribution >= 0.6 is 0 Å². The van der Waals surface area contributed by atoms with Crippen molar-refractivity contribution < 1.29 is 26.7 Å². The summed E-state index contributed by atoms with van der Waals surface area (Å²) in [7, 11) is -2.19. The summed E-state index contributed by atoms with van der Waals surface area (Å²) < 4.78 is 59.9. The number of nitrogens with zero attached hydrogens (tertiary/aromatic N) is 2. The van der Waals surface area contributed by atoms with Crippen LogP contribution in [0.2, 0.25) is 18.1 Å². The van der Waals surface area contributed by atoms with E-state index in [-0.39, 0.29) is 23.0 Å². The molecule has 0 aliphatic carbocycles. The molecule has 1 atom stereocenters. The van der Waals surface area contributed by atoms with E-state index in [2.05, 4.69) is 36.8 Å². The smallest absolute Gasteiger partial charge is 0.407 e. The Labute approximate surface area is 156 Å². The molecule has 2 heterocycles. The highest BCUT2D eigenvalue weighted by Gasteiger charge is 2.43. The number of anilines is 1. The molecule has 12 heteroatoms. The van der Waals surface area contributed by atoms with Gasteiger partial charge >= 0.3 is 6.18 Å². The Kier molecular flexibility index (Phi) is 5.83. The third-order valence-corrected chi connectivity index (χ3v) is 9.41. The number of hydrogen-bond acceptors (Lipinski definition) is 5. The van der Waals surface area contributed by atoms with Crippen LogP contribution in [0.4, 0.5) is 23.2 Å². The van der Waals surface area contributed by atoms with Crippen LogP contribution in [0.3, 0.4) is 0 Å². The number of nitrogens with one attached hydrogen (secondary N) is 3. The van der Waals surface area contributed by atoms with Crippen LogP contribution in [-0.4, -0.2) is 37.8 Å². The number of nitrogens with two attached hydrogens (primary N) is 1. The summed E-state index contributed by atoms with van der Waals surface area (Å²) in [4.78, 5) is 0. The summed E-state index contributed by atoms with van der Waals surface area (Å²) in [6, 6.07) is -0.740. The minimum atomic E-state index is -4.42. The van der Waals surface area contributed by atoms with E-state index in [0.717, 1.165) is 5.01 Å². The molecule has 0 spiro atoms. The zero-order valence-electron chi connectivity index (χ0n) is 16.0. The first-order chi connectivity index (χ1) is 12.2. The average Bonchev–Trinajstić information content (AvgIpc) is 3.04. The predicted octanol–water partition coefficient (Wildman–Crippen LogP) is 2.31. The number of rotatable bonds is 6.